The summed E-state index contributed by atoms with van der Waals surface area (Å²) in [6.45, 7) is 14.9. The molecule has 0 fully saturated rings. The summed E-state index contributed by atoms with van der Waals surface area (Å²) in [6, 6.07) is 0. The summed E-state index contributed by atoms with van der Waals surface area (Å²) < 4.78 is 5.31. The zero-order valence-electron chi connectivity index (χ0n) is 8.68. The van der Waals surface area contributed by atoms with E-state index in [0.717, 1.165) is 10.5 Å². The summed E-state index contributed by atoms with van der Waals surface area (Å²) in [6.07, 6.45) is 3.88. The molecular weight excluding hydrogens is 164 g/mol. The second kappa shape index (κ2) is 4.05. The second-order valence-corrected chi connectivity index (χ2v) is 4.71. The Morgan fingerprint density at radius 1 is 1.25 bits per heavy atom. The van der Waals surface area contributed by atoms with Gasteiger partial charge < -0.3 is 4.43 Å². The third-order valence-corrected chi connectivity index (χ3v) is 2.80. The molecular formula is C10H20OSi. The van der Waals surface area contributed by atoms with Gasteiger partial charge in [0.05, 0.1) is 0 Å². The highest BCUT2D eigenvalue weighted by Crippen LogP contribution is 2.40. The van der Waals surface area contributed by atoms with E-state index < -0.39 is 0 Å². The van der Waals surface area contributed by atoms with Gasteiger partial charge in [-0.3, -0.25) is 0 Å². The second-order valence-electron chi connectivity index (χ2n) is 4.13. The fourth-order valence-corrected chi connectivity index (χ4v) is 1.75. The molecule has 12 heavy (non-hydrogen) atoms. The van der Waals surface area contributed by atoms with Crippen LogP contribution in [0, 0.1) is 10.8 Å². The summed E-state index contributed by atoms with van der Waals surface area (Å²) >= 11 is 0. The van der Waals surface area contributed by atoms with Crippen molar-refractivity contribution in [3.05, 3.63) is 25.3 Å². The molecule has 70 valence electrons. The predicted octanol–water partition coefficient (Wildman–Crippen LogP) is 1.69. The lowest BCUT2D eigenvalue weighted by atomic mass is 9.67. The topological polar surface area (TPSA) is 9.23 Å². The summed E-state index contributed by atoms with van der Waals surface area (Å²) in [5.41, 5.74) is 0.0374. The van der Waals surface area contributed by atoms with Crippen LogP contribution < -0.4 is 0 Å². The van der Waals surface area contributed by atoms with E-state index in [1.54, 1.807) is 0 Å². The summed E-state index contributed by atoms with van der Waals surface area (Å²) in [5, 5.41) is 0. The minimum Gasteiger partial charge on any atom is -0.427 e. The van der Waals surface area contributed by atoms with Gasteiger partial charge >= 0.3 is 0 Å². The van der Waals surface area contributed by atoms with E-state index >= 15 is 0 Å². The fraction of sp³-hybridized carbons (Fsp3) is 0.600. The van der Waals surface area contributed by atoms with Gasteiger partial charge in [-0.2, -0.15) is 0 Å². The smallest absolute Gasteiger partial charge is 0.146 e. The lowest BCUT2D eigenvalue weighted by molar-refractivity contribution is 0.125. The maximum Gasteiger partial charge on any atom is 0.146 e. The van der Waals surface area contributed by atoms with Crippen LogP contribution in [0.5, 0.6) is 0 Å². The normalized spacial score (nSPS) is 12.9. The van der Waals surface area contributed by atoms with Crippen molar-refractivity contribution in [2.45, 2.75) is 20.8 Å². The summed E-state index contributed by atoms with van der Waals surface area (Å²) in [4.78, 5) is 0. The largest absolute Gasteiger partial charge is 0.427 e. The zero-order valence-corrected chi connectivity index (χ0v) is 10.7. The first kappa shape index (κ1) is 11.7. The van der Waals surface area contributed by atoms with E-state index in [1.165, 1.54) is 0 Å². The average Bonchev–Trinajstić information content (AvgIpc) is 1.98. The van der Waals surface area contributed by atoms with Gasteiger partial charge in [-0.15, -0.1) is 13.2 Å². The van der Waals surface area contributed by atoms with E-state index in [1.807, 2.05) is 12.2 Å². The molecule has 1 nitrogen and oxygen atoms in total. The highest BCUT2D eigenvalue weighted by Gasteiger charge is 2.36. The average molecular weight is 184 g/mol. The molecule has 0 saturated carbocycles. The van der Waals surface area contributed by atoms with Crippen molar-refractivity contribution >= 4 is 10.5 Å². The lowest BCUT2D eigenvalue weighted by Crippen LogP contribution is -2.36. The van der Waals surface area contributed by atoms with Gasteiger partial charge in [0.1, 0.15) is 10.5 Å². The highest BCUT2D eigenvalue weighted by atomic mass is 28.2. The lowest BCUT2D eigenvalue weighted by Gasteiger charge is -2.39. The van der Waals surface area contributed by atoms with Crippen LogP contribution in [0.25, 0.3) is 0 Å². The van der Waals surface area contributed by atoms with Crippen molar-refractivity contribution in [1.82, 2.24) is 0 Å². The minimum absolute atomic E-state index is 0.0885. The molecule has 0 aliphatic rings. The van der Waals surface area contributed by atoms with Gasteiger partial charge in [-0.1, -0.05) is 32.9 Å². The maximum atomic E-state index is 5.31. The zero-order chi connectivity index (χ0) is 9.83. The van der Waals surface area contributed by atoms with Crippen molar-refractivity contribution in [1.29, 1.82) is 0 Å². The standard InChI is InChI=1S/C10H20OSi/c1-6-10(7-2,8-11-12)9(3,4)5/h6-7H,1-2,8H2,3-5,12H3. The van der Waals surface area contributed by atoms with Crippen LogP contribution in [-0.4, -0.2) is 17.1 Å². The molecule has 0 aliphatic heterocycles. The first-order valence-corrected chi connectivity index (χ1v) is 5.01. The van der Waals surface area contributed by atoms with Crippen LogP contribution >= 0.6 is 0 Å². The first-order valence-electron chi connectivity index (χ1n) is 4.19. The van der Waals surface area contributed by atoms with Crippen molar-refractivity contribution in [3.63, 3.8) is 0 Å². The monoisotopic (exact) mass is 184 g/mol. The Bertz CT molecular complexity index is 159. The van der Waals surface area contributed by atoms with Crippen LogP contribution in [0.15, 0.2) is 25.3 Å². The molecule has 0 amide bonds. The molecule has 0 radical (unpaired) electrons. The Kier molecular flexibility index (Phi) is 3.94. The SMILES string of the molecule is C=CC(C=C)(CO[SiH3])C(C)(C)C. The molecule has 0 aromatic heterocycles. The fourth-order valence-electron chi connectivity index (χ4n) is 1.27. The van der Waals surface area contributed by atoms with E-state index in [2.05, 4.69) is 33.9 Å². The molecule has 0 spiro atoms. The number of hydrogen-bond donors (Lipinski definition) is 0. The van der Waals surface area contributed by atoms with E-state index in [0.29, 0.717) is 6.61 Å². The molecule has 0 atom stereocenters. The van der Waals surface area contributed by atoms with E-state index in [9.17, 15) is 0 Å². The summed E-state index contributed by atoms with van der Waals surface area (Å²) in [7, 11) is 0.767. The molecule has 0 saturated heterocycles. The molecule has 0 aromatic carbocycles. The Morgan fingerprint density at radius 3 is 1.75 bits per heavy atom. The Hall–Kier alpha value is -0.343. The molecule has 0 heterocycles. The minimum atomic E-state index is -0.0885. The highest BCUT2D eigenvalue weighted by molar-refractivity contribution is 5.98. The molecule has 0 aliphatic carbocycles. The maximum absolute atomic E-state index is 5.31. The van der Waals surface area contributed by atoms with Gasteiger partial charge in [0.25, 0.3) is 0 Å². The van der Waals surface area contributed by atoms with Gasteiger partial charge in [0.15, 0.2) is 0 Å². The van der Waals surface area contributed by atoms with Crippen LogP contribution in [0.3, 0.4) is 0 Å². The van der Waals surface area contributed by atoms with Gasteiger partial charge in [0.2, 0.25) is 0 Å². The van der Waals surface area contributed by atoms with Gasteiger partial charge in [-0.25, -0.2) is 0 Å². The quantitative estimate of drug-likeness (QED) is 0.477. The number of rotatable bonds is 4. The first-order chi connectivity index (χ1) is 5.43. The Balaban J connectivity index is 4.81. The van der Waals surface area contributed by atoms with Crippen molar-refractivity contribution < 1.29 is 4.43 Å². The van der Waals surface area contributed by atoms with Crippen molar-refractivity contribution in [2.24, 2.45) is 10.8 Å². The predicted molar refractivity (Wildman–Crippen MR) is 58.2 cm³/mol. The van der Waals surface area contributed by atoms with Crippen LogP contribution in [0.4, 0.5) is 0 Å². The van der Waals surface area contributed by atoms with Crippen molar-refractivity contribution in [3.8, 4) is 0 Å². The number of hydrogen-bond acceptors (Lipinski definition) is 1. The molecule has 2 heteroatoms. The van der Waals surface area contributed by atoms with Crippen LogP contribution in [0.2, 0.25) is 0 Å². The van der Waals surface area contributed by atoms with E-state index in [-0.39, 0.29) is 10.8 Å². The van der Waals surface area contributed by atoms with Crippen molar-refractivity contribution in [2.75, 3.05) is 6.61 Å². The molecule has 0 unspecified atom stereocenters. The van der Waals surface area contributed by atoms with Crippen LogP contribution in [0.1, 0.15) is 20.8 Å². The van der Waals surface area contributed by atoms with Gasteiger partial charge in [-0.05, 0) is 5.41 Å². The van der Waals surface area contributed by atoms with E-state index in [4.69, 9.17) is 4.43 Å². The Morgan fingerprint density at radius 2 is 1.67 bits per heavy atom. The molecule has 0 N–H and O–H groups in total. The molecule has 0 rings (SSSR count). The molecule has 0 bridgehead atoms. The third kappa shape index (κ3) is 2.08. The van der Waals surface area contributed by atoms with Gasteiger partial charge in [0, 0.05) is 12.0 Å². The third-order valence-electron chi connectivity index (χ3n) is 2.51. The Labute approximate surface area is 79.1 Å². The molecule has 0 aromatic rings. The van der Waals surface area contributed by atoms with Crippen LogP contribution in [-0.2, 0) is 4.43 Å². The summed E-state index contributed by atoms with van der Waals surface area (Å²) in [5.74, 6) is 0.